The fraction of sp³-hybridized carbons (Fsp3) is 0.278. The van der Waals surface area contributed by atoms with Crippen molar-refractivity contribution >= 4 is 28.3 Å². The van der Waals surface area contributed by atoms with E-state index >= 15 is 0 Å². The fourth-order valence-corrected chi connectivity index (χ4v) is 3.26. The molecule has 3 aromatic rings. The molecule has 0 atom stereocenters. The molecule has 2 aromatic heterocycles. The van der Waals surface area contributed by atoms with Crippen LogP contribution < -0.4 is 21.1 Å². The summed E-state index contributed by atoms with van der Waals surface area (Å²) in [5.41, 5.74) is 2.23. The number of hydrogen-bond acceptors (Lipinski definition) is 6. The third-order valence-electron chi connectivity index (χ3n) is 4.66. The SMILES string of the molecule is O=C(CCN1CNc2c1nc[nH]c2=O)NCCc1c[nH]c2ccc(O)cc12. The maximum Gasteiger partial charge on any atom is 0.276 e. The van der Waals surface area contributed by atoms with Crippen molar-refractivity contribution in [3.8, 4) is 5.75 Å². The van der Waals surface area contributed by atoms with Gasteiger partial charge in [-0.05, 0) is 30.2 Å². The molecule has 0 unspecified atom stereocenters. The van der Waals surface area contributed by atoms with Crippen molar-refractivity contribution in [1.29, 1.82) is 0 Å². The van der Waals surface area contributed by atoms with Gasteiger partial charge in [-0.2, -0.15) is 0 Å². The first-order valence-corrected chi connectivity index (χ1v) is 8.74. The van der Waals surface area contributed by atoms with Crippen LogP contribution in [0.1, 0.15) is 12.0 Å². The zero-order valence-corrected chi connectivity index (χ0v) is 14.6. The smallest absolute Gasteiger partial charge is 0.276 e. The van der Waals surface area contributed by atoms with Crippen molar-refractivity contribution in [2.75, 3.05) is 30.0 Å². The minimum atomic E-state index is -0.211. The van der Waals surface area contributed by atoms with E-state index in [1.54, 1.807) is 12.1 Å². The predicted molar refractivity (Wildman–Crippen MR) is 102 cm³/mol. The molecule has 1 aliphatic heterocycles. The van der Waals surface area contributed by atoms with Crippen LogP contribution in [-0.4, -0.2) is 45.7 Å². The summed E-state index contributed by atoms with van der Waals surface area (Å²) < 4.78 is 0. The van der Waals surface area contributed by atoms with E-state index in [0.717, 1.165) is 16.5 Å². The van der Waals surface area contributed by atoms with Gasteiger partial charge >= 0.3 is 0 Å². The molecule has 5 N–H and O–H groups in total. The molecule has 1 aliphatic rings. The minimum Gasteiger partial charge on any atom is -0.508 e. The number of benzene rings is 1. The van der Waals surface area contributed by atoms with Gasteiger partial charge in [0, 0.05) is 36.6 Å². The van der Waals surface area contributed by atoms with Gasteiger partial charge in [0.25, 0.3) is 5.56 Å². The summed E-state index contributed by atoms with van der Waals surface area (Å²) in [5, 5.41) is 16.5. The van der Waals surface area contributed by atoms with E-state index < -0.39 is 0 Å². The lowest BCUT2D eigenvalue weighted by Gasteiger charge is -2.16. The van der Waals surface area contributed by atoms with Gasteiger partial charge in [-0.15, -0.1) is 0 Å². The highest BCUT2D eigenvalue weighted by molar-refractivity contribution is 5.84. The maximum atomic E-state index is 12.1. The Morgan fingerprint density at radius 2 is 2.22 bits per heavy atom. The molecule has 9 nitrogen and oxygen atoms in total. The Morgan fingerprint density at radius 3 is 3.11 bits per heavy atom. The van der Waals surface area contributed by atoms with E-state index in [0.29, 0.717) is 44.1 Å². The lowest BCUT2D eigenvalue weighted by Crippen LogP contribution is -2.32. The van der Waals surface area contributed by atoms with Gasteiger partial charge in [-0.3, -0.25) is 9.59 Å². The van der Waals surface area contributed by atoms with Crippen molar-refractivity contribution < 1.29 is 9.90 Å². The van der Waals surface area contributed by atoms with Gasteiger partial charge < -0.3 is 30.6 Å². The van der Waals surface area contributed by atoms with Crippen LogP contribution in [0.3, 0.4) is 0 Å². The van der Waals surface area contributed by atoms with Gasteiger partial charge in [0.05, 0.1) is 13.0 Å². The number of hydrogen-bond donors (Lipinski definition) is 5. The number of carbonyl (C=O) groups excluding carboxylic acids is 1. The Labute approximate surface area is 154 Å². The highest BCUT2D eigenvalue weighted by atomic mass is 16.3. The van der Waals surface area contributed by atoms with Gasteiger partial charge in [-0.25, -0.2) is 4.98 Å². The van der Waals surface area contributed by atoms with Crippen molar-refractivity contribution in [2.24, 2.45) is 0 Å². The molecule has 1 amide bonds. The number of rotatable bonds is 6. The Morgan fingerprint density at radius 1 is 1.33 bits per heavy atom. The second kappa shape index (κ2) is 7.02. The second-order valence-electron chi connectivity index (χ2n) is 6.42. The van der Waals surface area contributed by atoms with Gasteiger partial charge in [-0.1, -0.05) is 0 Å². The van der Waals surface area contributed by atoms with Crippen LogP contribution in [0, 0.1) is 0 Å². The number of H-pyrrole nitrogens is 2. The molecular weight excluding hydrogens is 348 g/mol. The molecule has 0 fully saturated rings. The van der Waals surface area contributed by atoms with Crippen LogP contribution in [0.5, 0.6) is 5.75 Å². The van der Waals surface area contributed by atoms with Crippen LogP contribution in [0.15, 0.2) is 35.5 Å². The van der Waals surface area contributed by atoms with Gasteiger partial charge in [0.1, 0.15) is 11.4 Å². The molecule has 4 rings (SSSR count). The number of phenolic OH excluding ortho intramolecular Hbond substituents is 1. The maximum absolute atomic E-state index is 12.1. The standard InChI is InChI=1S/C18H20N6O3/c25-12-1-2-14-13(7-12)11(8-20-14)3-5-19-15(26)4-6-24-10-23-16-17(24)21-9-22-18(16)27/h1-2,7-9,20,23,25H,3-6,10H2,(H,19,26)(H,21,22,27). The summed E-state index contributed by atoms with van der Waals surface area (Å²) in [6.45, 7) is 1.44. The van der Waals surface area contributed by atoms with E-state index in [-0.39, 0.29) is 17.2 Å². The number of amides is 1. The molecule has 140 valence electrons. The molecular formula is C18H20N6O3. The van der Waals surface area contributed by atoms with Crippen LogP contribution in [-0.2, 0) is 11.2 Å². The highest BCUT2D eigenvalue weighted by Gasteiger charge is 2.22. The van der Waals surface area contributed by atoms with Crippen LogP contribution in [0.4, 0.5) is 11.5 Å². The molecule has 0 bridgehead atoms. The normalized spacial score (nSPS) is 12.8. The Kier molecular flexibility index (Phi) is 4.41. The summed E-state index contributed by atoms with van der Waals surface area (Å²) in [4.78, 5) is 35.5. The number of carbonyl (C=O) groups is 1. The molecule has 9 heteroatoms. The summed E-state index contributed by atoms with van der Waals surface area (Å²) >= 11 is 0. The highest BCUT2D eigenvalue weighted by Crippen LogP contribution is 2.24. The van der Waals surface area contributed by atoms with Crippen LogP contribution >= 0.6 is 0 Å². The summed E-state index contributed by atoms with van der Waals surface area (Å²) in [5.74, 6) is 0.737. The van der Waals surface area contributed by atoms with Crippen molar-refractivity contribution in [2.45, 2.75) is 12.8 Å². The van der Waals surface area contributed by atoms with E-state index in [9.17, 15) is 14.7 Å². The molecule has 3 heterocycles. The number of nitrogens with one attached hydrogen (secondary N) is 4. The average molecular weight is 368 g/mol. The third-order valence-corrected chi connectivity index (χ3v) is 4.66. The molecule has 0 spiro atoms. The molecule has 0 saturated heterocycles. The lowest BCUT2D eigenvalue weighted by molar-refractivity contribution is -0.120. The Balaban J connectivity index is 1.28. The number of nitrogens with zero attached hydrogens (tertiary/aromatic N) is 2. The predicted octanol–water partition coefficient (Wildman–Crippen LogP) is 0.895. The average Bonchev–Trinajstić information content (AvgIpc) is 3.25. The number of aromatic hydroxyl groups is 1. The summed E-state index contributed by atoms with van der Waals surface area (Å²) in [6.07, 6.45) is 4.23. The fourth-order valence-electron chi connectivity index (χ4n) is 3.26. The number of phenols is 1. The first kappa shape index (κ1) is 17.0. The lowest BCUT2D eigenvalue weighted by atomic mass is 10.1. The summed E-state index contributed by atoms with van der Waals surface area (Å²) in [7, 11) is 0. The second-order valence-corrected chi connectivity index (χ2v) is 6.42. The first-order chi connectivity index (χ1) is 13.1. The number of aromatic nitrogens is 3. The molecule has 0 radical (unpaired) electrons. The topological polar surface area (TPSA) is 126 Å². The Bertz CT molecular complexity index is 1040. The number of fused-ring (bicyclic) bond motifs is 2. The van der Waals surface area contributed by atoms with E-state index in [4.69, 9.17) is 0 Å². The molecule has 1 aromatic carbocycles. The van der Waals surface area contributed by atoms with E-state index in [1.165, 1.54) is 6.33 Å². The first-order valence-electron chi connectivity index (χ1n) is 8.74. The largest absolute Gasteiger partial charge is 0.508 e. The number of aromatic amines is 2. The van der Waals surface area contributed by atoms with Crippen molar-refractivity contribution in [1.82, 2.24) is 20.3 Å². The van der Waals surface area contributed by atoms with E-state index in [1.807, 2.05) is 17.2 Å². The monoisotopic (exact) mass is 368 g/mol. The molecule has 27 heavy (non-hydrogen) atoms. The van der Waals surface area contributed by atoms with Gasteiger partial charge in [0.15, 0.2) is 5.82 Å². The molecule has 0 aliphatic carbocycles. The third kappa shape index (κ3) is 3.43. The van der Waals surface area contributed by atoms with Crippen molar-refractivity contribution in [3.63, 3.8) is 0 Å². The quantitative estimate of drug-likeness (QED) is 0.440. The Hall–Kier alpha value is -3.49. The van der Waals surface area contributed by atoms with Crippen LogP contribution in [0.25, 0.3) is 10.9 Å². The van der Waals surface area contributed by atoms with Crippen molar-refractivity contribution in [3.05, 3.63) is 46.6 Å². The zero-order valence-electron chi connectivity index (χ0n) is 14.6. The van der Waals surface area contributed by atoms with Gasteiger partial charge in [0.2, 0.25) is 5.91 Å². The minimum absolute atomic E-state index is 0.0593. The number of anilines is 2. The van der Waals surface area contributed by atoms with Crippen LogP contribution in [0.2, 0.25) is 0 Å². The molecule has 0 saturated carbocycles. The zero-order chi connectivity index (χ0) is 18.8. The van der Waals surface area contributed by atoms with E-state index in [2.05, 4.69) is 25.6 Å². The summed E-state index contributed by atoms with van der Waals surface area (Å²) in [6, 6.07) is 5.18.